The molecule has 1 amide bonds. The van der Waals surface area contributed by atoms with Crippen molar-refractivity contribution in [3.05, 3.63) is 47.0 Å². The van der Waals surface area contributed by atoms with Crippen LogP contribution in [0.25, 0.3) is 0 Å². The minimum atomic E-state index is -0.560. The fraction of sp³-hybridized carbons (Fsp3) is 0.300. The van der Waals surface area contributed by atoms with E-state index in [0.29, 0.717) is 23.8 Å². The average molecular weight is 408 g/mol. The van der Waals surface area contributed by atoms with Crippen molar-refractivity contribution in [1.82, 2.24) is 0 Å². The van der Waals surface area contributed by atoms with Crippen LogP contribution < -0.4 is 19.5 Å². The number of esters is 1. The fourth-order valence-corrected chi connectivity index (χ4v) is 2.57. The zero-order chi connectivity index (χ0) is 20.5. The molecule has 2 rings (SSSR count). The van der Waals surface area contributed by atoms with Crippen molar-refractivity contribution in [2.24, 2.45) is 0 Å². The Balaban J connectivity index is 2.08. The van der Waals surface area contributed by atoms with Crippen LogP contribution in [0.1, 0.15) is 24.2 Å². The third-order valence-corrected chi connectivity index (χ3v) is 3.88. The predicted molar refractivity (Wildman–Crippen MR) is 106 cm³/mol. The number of benzene rings is 2. The van der Waals surface area contributed by atoms with Gasteiger partial charge in [-0.05, 0) is 32.0 Å². The van der Waals surface area contributed by atoms with Crippen LogP contribution in [0.2, 0.25) is 5.02 Å². The fourth-order valence-electron chi connectivity index (χ4n) is 2.36. The van der Waals surface area contributed by atoms with Gasteiger partial charge >= 0.3 is 5.97 Å². The first-order valence-electron chi connectivity index (χ1n) is 8.69. The normalized spacial score (nSPS) is 10.1. The summed E-state index contributed by atoms with van der Waals surface area (Å²) in [5.41, 5.74) is 0.465. The van der Waals surface area contributed by atoms with E-state index in [4.69, 9.17) is 30.5 Å². The second-order valence-electron chi connectivity index (χ2n) is 5.47. The average Bonchev–Trinajstić information content (AvgIpc) is 2.69. The van der Waals surface area contributed by atoms with Crippen molar-refractivity contribution in [3.63, 3.8) is 0 Å². The molecule has 0 bridgehead atoms. The summed E-state index contributed by atoms with van der Waals surface area (Å²) in [6.45, 7) is 4.01. The molecule has 0 aliphatic rings. The molecule has 8 heteroatoms. The van der Waals surface area contributed by atoms with Crippen LogP contribution in [0.5, 0.6) is 17.2 Å². The van der Waals surface area contributed by atoms with Gasteiger partial charge in [-0.2, -0.15) is 0 Å². The van der Waals surface area contributed by atoms with Gasteiger partial charge in [-0.25, -0.2) is 4.79 Å². The standard InChI is InChI=1S/C20H22ClNO6/c1-4-26-16-8-6-7-9-17(16)28-12-19(23)22-15-11-18(25-3)13(10-14(15)21)20(24)27-5-2/h6-11H,4-5,12H2,1-3H3,(H,22,23). The molecule has 150 valence electrons. The van der Waals surface area contributed by atoms with Crippen LogP contribution in [-0.2, 0) is 9.53 Å². The van der Waals surface area contributed by atoms with E-state index in [0.717, 1.165) is 0 Å². The van der Waals surface area contributed by atoms with Crippen LogP contribution in [0.15, 0.2) is 36.4 Å². The molecule has 28 heavy (non-hydrogen) atoms. The Morgan fingerprint density at radius 2 is 1.68 bits per heavy atom. The van der Waals surface area contributed by atoms with Gasteiger partial charge < -0.3 is 24.3 Å². The van der Waals surface area contributed by atoms with Crippen molar-refractivity contribution in [2.75, 3.05) is 32.2 Å². The molecule has 0 aromatic heterocycles. The van der Waals surface area contributed by atoms with Gasteiger partial charge in [-0.15, -0.1) is 0 Å². The van der Waals surface area contributed by atoms with Gasteiger partial charge in [0.15, 0.2) is 18.1 Å². The number of nitrogens with one attached hydrogen (secondary N) is 1. The molecule has 1 N–H and O–H groups in total. The van der Waals surface area contributed by atoms with E-state index >= 15 is 0 Å². The molecule has 0 spiro atoms. The molecule has 0 saturated carbocycles. The van der Waals surface area contributed by atoms with E-state index in [9.17, 15) is 9.59 Å². The van der Waals surface area contributed by atoms with E-state index < -0.39 is 11.9 Å². The lowest BCUT2D eigenvalue weighted by molar-refractivity contribution is -0.118. The molecule has 7 nitrogen and oxygen atoms in total. The van der Waals surface area contributed by atoms with E-state index in [1.54, 1.807) is 25.1 Å². The van der Waals surface area contributed by atoms with Crippen LogP contribution in [0, 0.1) is 0 Å². The van der Waals surface area contributed by atoms with E-state index in [1.807, 2.05) is 13.0 Å². The number of methoxy groups -OCH3 is 1. The van der Waals surface area contributed by atoms with Gasteiger partial charge in [-0.3, -0.25) is 4.79 Å². The highest BCUT2D eigenvalue weighted by Crippen LogP contribution is 2.32. The number of carbonyl (C=O) groups is 2. The molecular weight excluding hydrogens is 386 g/mol. The zero-order valence-electron chi connectivity index (χ0n) is 15.9. The lowest BCUT2D eigenvalue weighted by Gasteiger charge is -2.14. The predicted octanol–water partition coefficient (Wildman–Crippen LogP) is 3.94. The second kappa shape index (κ2) is 10.4. The molecular formula is C20H22ClNO6. The van der Waals surface area contributed by atoms with E-state index in [1.165, 1.54) is 19.2 Å². The molecule has 0 saturated heterocycles. The van der Waals surface area contributed by atoms with Crippen LogP contribution in [-0.4, -0.2) is 38.8 Å². The largest absolute Gasteiger partial charge is 0.496 e. The number of hydrogen-bond acceptors (Lipinski definition) is 6. The lowest BCUT2D eigenvalue weighted by atomic mass is 10.1. The summed E-state index contributed by atoms with van der Waals surface area (Å²) in [5, 5.41) is 2.81. The topological polar surface area (TPSA) is 83.1 Å². The summed E-state index contributed by atoms with van der Waals surface area (Å²) in [5.74, 6) is 0.256. The molecule has 0 aliphatic carbocycles. The number of anilines is 1. The number of para-hydroxylation sites is 2. The third kappa shape index (κ3) is 5.53. The summed E-state index contributed by atoms with van der Waals surface area (Å²) in [6.07, 6.45) is 0. The Bertz CT molecular complexity index is 839. The Morgan fingerprint density at radius 1 is 1.00 bits per heavy atom. The maximum atomic E-state index is 12.3. The molecule has 0 radical (unpaired) electrons. The maximum absolute atomic E-state index is 12.3. The van der Waals surface area contributed by atoms with E-state index in [-0.39, 0.29) is 29.5 Å². The van der Waals surface area contributed by atoms with Crippen LogP contribution in [0.4, 0.5) is 5.69 Å². The first-order chi connectivity index (χ1) is 13.5. The Labute approximate surface area is 168 Å². The number of amides is 1. The molecule has 0 unspecified atom stereocenters. The van der Waals surface area contributed by atoms with Gasteiger partial charge in [0.2, 0.25) is 0 Å². The number of hydrogen-bond donors (Lipinski definition) is 1. The smallest absolute Gasteiger partial charge is 0.341 e. The number of carbonyl (C=O) groups excluding carboxylic acids is 2. The minimum absolute atomic E-state index is 0.173. The number of rotatable bonds is 9. The van der Waals surface area contributed by atoms with Crippen molar-refractivity contribution in [2.45, 2.75) is 13.8 Å². The first-order valence-corrected chi connectivity index (χ1v) is 9.07. The lowest BCUT2D eigenvalue weighted by Crippen LogP contribution is -2.21. The summed E-state index contributed by atoms with van der Waals surface area (Å²) >= 11 is 6.19. The van der Waals surface area contributed by atoms with Gasteiger partial charge in [0, 0.05) is 6.07 Å². The molecule has 2 aromatic rings. The number of ether oxygens (including phenoxy) is 4. The summed E-state index contributed by atoms with van der Waals surface area (Å²) in [7, 11) is 1.41. The van der Waals surface area contributed by atoms with Crippen molar-refractivity contribution >= 4 is 29.2 Å². The summed E-state index contributed by atoms with van der Waals surface area (Å²) in [6, 6.07) is 9.91. The summed E-state index contributed by atoms with van der Waals surface area (Å²) in [4.78, 5) is 24.2. The minimum Gasteiger partial charge on any atom is -0.496 e. The monoisotopic (exact) mass is 407 g/mol. The zero-order valence-corrected chi connectivity index (χ0v) is 16.7. The first kappa shape index (κ1) is 21.4. The molecule has 0 atom stereocenters. The molecule has 0 fully saturated rings. The Morgan fingerprint density at radius 3 is 2.29 bits per heavy atom. The second-order valence-corrected chi connectivity index (χ2v) is 5.88. The number of halogens is 1. The van der Waals surface area contributed by atoms with Gasteiger partial charge in [0.05, 0.1) is 31.0 Å². The van der Waals surface area contributed by atoms with Crippen molar-refractivity contribution in [1.29, 1.82) is 0 Å². The van der Waals surface area contributed by atoms with E-state index in [2.05, 4.69) is 5.32 Å². The SMILES string of the molecule is CCOC(=O)c1cc(Cl)c(NC(=O)COc2ccccc2OCC)cc1OC. The van der Waals surface area contributed by atoms with Crippen molar-refractivity contribution < 1.29 is 28.5 Å². The van der Waals surface area contributed by atoms with Crippen LogP contribution >= 0.6 is 11.6 Å². The van der Waals surface area contributed by atoms with Gasteiger partial charge in [-0.1, -0.05) is 23.7 Å². The quantitative estimate of drug-likeness (QED) is 0.634. The van der Waals surface area contributed by atoms with Gasteiger partial charge in [0.25, 0.3) is 5.91 Å². The van der Waals surface area contributed by atoms with Crippen LogP contribution in [0.3, 0.4) is 0 Å². The summed E-state index contributed by atoms with van der Waals surface area (Å²) < 4.78 is 21.2. The highest BCUT2D eigenvalue weighted by atomic mass is 35.5. The maximum Gasteiger partial charge on any atom is 0.341 e. The molecule has 2 aromatic carbocycles. The Kier molecular flexibility index (Phi) is 7.95. The third-order valence-electron chi connectivity index (χ3n) is 3.57. The van der Waals surface area contributed by atoms with Crippen molar-refractivity contribution in [3.8, 4) is 17.2 Å². The highest BCUT2D eigenvalue weighted by Gasteiger charge is 2.18. The Hall–Kier alpha value is -2.93. The molecule has 0 heterocycles. The highest BCUT2D eigenvalue weighted by molar-refractivity contribution is 6.34. The molecule has 0 aliphatic heterocycles. The van der Waals surface area contributed by atoms with Gasteiger partial charge in [0.1, 0.15) is 11.3 Å².